The quantitative estimate of drug-likeness (QED) is 0.751. The minimum atomic E-state index is -0.0879. The van der Waals surface area contributed by atoms with Crippen LogP contribution in [0.15, 0.2) is 6.07 Å². The molecule has 0 spiro atoms. The summed E-state index contributed by atoms with van der Waals surface area (Å²) in [4.78, 5) is 22.5. The van der Waals surface area contributed by atoms with Crippen LogP contribution in [0.3, 0.4) is 0 Å². The number of carbonyl (C=O) groups is 1. The number of amides is 1. The van der Waals surface area contributed by atoms with E-state index in [1.54, 1.807) is 9.42 Å². The number of hydrogen-bond donors (Lipinski definition) is 0. The maximum absolute atomic E-state index is 12.2. The van der Waals surface area contributed by atoms with Gasteiger partial charge in [-0.3, -0.25) is 4.79 Å². The maximum atomic E-state index is 12.2. The van der Waals surface area contributed by atoms with Crippen molar-refractivity contribution in [3.05, 3.63) is 23.3 Å². The Bertz CT molecular complexity index is 612. The second-order valence-corrected chi connectivity index (χ2v) is 4.69. The van der Waals surface area contributed by atoms with E-state index in [1.807, 2.05) is 19.9 Å². The summed E-state index contributed by atoms with van der Waals surface area (Å²) in [5, 5.41) is 4.25. The van der Waals surface area contributed by atoms with Gasteiger partial charge in [-0.1, -0.05) is 0 Å². The molecule has 0 aromatic carbocycles. The first-order chi connectivity index (χ1) is 8.65. The average molecular weight is 245 g/mol. The lowest BCUT2D eigenvalue weighted by Crippen LogP contribution is -2.28. The highest BCUT2D eigenvalue weighted by Gasteiger charge is 2.23. The second-order valence-electron chi connectivity index (χ2n) is 4.69. The van der Waals surface area contributed by atoms with Crippen LogP contribution < -0.4 is 0 Å². The molecule has 1 fully saturated rings. The van der Waals surface area contributed by atoms with Crippen LogP contribution in [0.2, 0.25) is 0 Å². The van der Waals surface area contributed by atoms with Crippen molar-refractivity contribution in [1.82, 2.24) is 24.5 Å². The molecule has 0 N–H and O–H groups in total. The highest BCUT2D eigenvalue weighted by atomic mass is 16.2. The van der Waals surface area contributed by atoms with Crippen LogP contribution in [0.25, 0.3) is 5.78 Å². The average Bonchev–Trinajstić information content (AvgIpc) is 2.96. The minimum absolute atomic E-state index is 0.0879. The summed E-state index contributed by atoms with van der Waals surface area (Å²) >= 11 is 0. The normalized spacial score (nSPS) is 15.6. The molecule has 0 bridgehead atoms. The molecular weight excluding hydrogens is 230 g/mol. The van der Waals surface area contributed by atoms with Gasteiger partial charge in [0.2, 0.25) is 5.82 Å². The molecule has 0 aliphatic carbocycles. The monoisotopic (exact) mass is 245 g/mol. The third-order valence-corrected chi connectivity index (χ3v) is 3.20. The van der Waals surface area contributed by atoms with E-state index < -0.39 is 0 Å². The van der Waals surface area contributed by atoms with E-state index in [1.165, 1.54) is 0 Å². The Morgan fingerprint density at radius 2 is 1.94 bits per heavy atom. The van der Waals surface area contributed by atoms with Crippen LogP contribution >= 0.6 is 0 Å². The van der Waals surface area contributed by atoms with Crippen molar-refractivity contribution < 1.29 is 4.79 Å². The Labute approximate surface area is 105 Å². The predicted octanol–water partition coefficient (Wildman–Crippen LogP) is 0.977. The van der Waals surface area contributed by atoms with E-state index in [0.29, 0.717) is 5.78 Å². The molecule has 1 aliphatic rings. The molecule has 0 atom stereocenters. The third kappa shape index (κ3) is 1.73. The van der Waals surface area contributed by atoms with Crippen LogP contribution in [0.1, 0.15) is 34.8 Å². The number of rotatable bonds is 1. The first-order valence-electron chi connectivity index (χ1n) is 6.15. The topological polar surface area (TPSA) is 63.4 Å². The minimum Gasteiger partial charge on any atom is -0.336 e. The lowest BCUT2D eigenvalue weighted by atomic mass is 10.4. The van der Waals surface area contributed by atoms with Crippen molar-refractivity contribution in [3.63, 3.8) is 0 Å². The molecule has 18 heavy (non-hydrogen) atoms. The van der Waals surface area contributed by atoms with Gasteiger partial charge in [0.1, 0.15) is 0 Å². The van der Waals surface area contributed by atoms with E-state index in [0.717, 1.165) is 37.3 Å². The van der Waals surface area contributed by atoms with Crippen LogP contribution in [-0.2, 0) is 0 Å². The largest absolute Gasteiger partial charge is 0.336 e. The molecule has 0 saturated carbocycles. The lowest BCUT2D eigenvalue weighted by molar-refractivity contribution is 0.0781. The van der Waals surface area contributed by atoms with E-state index >= 15 is 0 Å². The smallest absolute Gasteiger partial charge is 0.293 e. The summed E-state index contributed by atoms with van der Waals surface area (Å²) in [5.41, 5.74) is 1.82. The fourth-order valence-electron chi connectivity index (χ4n) is 2.32. The molecule has 94 valence electrons. The lowest BCUT2D eigenvalue weighted by Gasteiger charge is -2.11. The van der Waals surface area contributed by atoms with E-state index in [9.17, 15) is 4.79 Å². The molecular formula is C12H15N5O. The van der Waals surface area contributed by atoms with Gasteiger partial charge in [-0.25, -0.2) is 9.50 Å². The molecule has 6 nitrogen and oxygen atoms in total. The highest BCUT2D eigenvalue weighted by molar-refractivity contribution is 5.91. The summed E-state index contributed by atoms with van der Waals surface area (Å²) in [7, 11) is 0. The van der Waals surface area contributed by atoms with Gasteiger partial charge >= 0.3 is 0 Å². The Balaban J connectivity index is 2.02. The molecule has 3 heterocycles. The van der Waals surface area contributed by atoms with Crippen molar-refractivity contribution in [2.24, 2.45) is 0 Å². The molecule has 1 amide bonds. The molecule has 1 saturated heterocycles. The van der Waals surface area contributed by atoms with Crippen LogP contribution in [0, 0.1) is 13.8 Å². The SMILES string of the molecule is Cc1cc(C)n2nc(C(=O)N3CCCC3)nc2n1. The Morgan fingerprint density at radius 1 is 1.22 bits per heavy atom. The van der Waals surface area contributed by atoms with E-state index in [4.69, 9.17) is 0 Å². The summed E-state index contributed by atoms with van der Waals surface area (Å²) < 4.78 is 1.62. The Kier molecular flexibility index (Phi) is 2.50. The second kappa shape index (κ2) is 4.04. The van der Waals surface area contributed by atoms with Crippen LogP contribution in [0.4, 0.5) is 0 Å². The van der Waals surface area contributed by atoms with Gasteiger partial charge in [0.05, 0.1) is 0 Å². The molecule has 6 heteroatoms. The van der Waals surface area contributed by atoms with Crippen molar-refractivity contribution >= 4 is 11.7 Å². The number of aryl methyl sites for hydroxylation is 2. The van der Waals surface area contributed by atoms with Gasteiger partial charge < -0.3 is 4.90 Å². The van der Waals surface area contributed by atoms with Crippen molar-refractivity contribution in [1.29, 1.82) is 0 Å². The standard InChI is InChI=1S/C12H15N5O/c1-8-7-9(2)17-12(13-8)14-10(15-17)11(18)16-5-3-4-6-16/h7H,3-6H2,1-2H3. The number of likely N-dealkylation sites (tertiary alicyclic amines) is 1. The predicted molar refractivity (Wildman–Crippen MR) is 65.4 cm³/mol. The van der Waals surface area contributed by atoms with Gasteiger partial charge in [0.25, 0.3) is 11.7 Å². The Morgan fingerprint density at radius 3 is 2.67 bits per heavy atom. The van der Waals surface area contributed by atoms with Crippen molar-refractivity contribution in [2.45, 2.75) is 26.7 Å². The molecule has 2 aromatic rings. The van der Waals surface area contributed by atoms with Crippen molar-refractivity contribution in [2.75, 3.05) is 13.1 Å². The van der Waals surface area contributed by atoms with Gasteiger partial charge in [-0.2, -0.15) is 4.98 Å². The van der Waals surface area contributed by atoms with Crippen molar-refractivity contribution in [3.8, 4) is 0 Å². The number of nitrogens with zero attached hydrogens (tertiary/aromatic N) is 5. The first-order valence-corrected chi connectivity index (χ1v) is 6.15. The number of hydrogen-bond acceptors (Lipinski definition) is 4. The zero-order chi connectivity index (χ0) is 12.7. The molecule has 0 unspecified atom stereocenters. The van der Waals surface area contributed by atoms with Crippen LogP contribution in [-0.4, -0.2) is 43.5 Å². The number of carbonyl (C=O) groups excluding carboxylic acids is 1. The molecule has 0 radical (unpaired) electrons. The Hall–Kier alpha value is -1.98. The first kappa shape index (κ1) is 11.1. The third-order valence-electron chi connectivity index (χ3n) is 3.20. The number of aromatic nitrogens is 4. The van der Waals surface area contributed by atoms with Crippen LogP contribution in [0.5, 0.6) is 0 Å². The molecule has 1 aliphatic heterocycles. The summed E-state index contributed by atoms with van der Waals surface area (Å²) in [6, 6.07) is 1.92. The maximum Gasteiger partial charge on any atom is 0.293 e. The fourth-order valence-corrected chi connectivity index (χ4v) is 2.32. The highest BCUT2D eigenvalue weighted by Crippen LogP contribution is 2.12. The molecule has 3 rings (SSSR count). The summed E-state index contributed by atoms with van der Waals surface area (Å²) in [6.45, 7) is 5.45. The van der Waals surface area contributed by atoms with E-state index in [2.05, 4.69) is 15.1 Å². The zero-order valence-corrected chi connectivity index (χ0v) is 10.6. The van der Waals surface area contributed by atoms with Gasteiger partial charge in [-0.05, 0) is 32.8 Å². The summed E-state index contributed by atoms with van der Waals surface area (Å²) in [5.74, 6) is 0.656. The van der Waals surface area contributed by atoms with E-state index in [-0.39, 0.29) is 11.7 Å². The van der Waals surface area contributed by atoms with Gasteiger partial charge in [0.15, 0.2) is 0 Å². The van der Waals surface area contributed by atoms with Gasteiger partial charge in [-0.15, -0.1) is 5.10 Å². The zero-order valence-electron chi connectivity index (χ0n) is 10.6. The molecule has 2 aromatic heterocycles. The van der Waals surface area contributed by atoms with Gasteiger partial charge in [0, 0.05) is 24.5 Å². The number of fused-ring (bicyclic) bond motifs is 1. The summed E-state index contributed by atoms with van der Waals surface area (Å²) in [6.07, 6.45) is 2.13. The fraction of sp³-hybridized carbons (Fsp3) is 0.500.